The Morgan fingerprint density at radius 2 is 1.62 bits per heavy atom. The van der Waals surface area contributed by atoms with Crippen LogP contribution >= 0.6 is 0 Å². The van der Waals surface area contributed by atoms with Crippen molar-refractivity contribution >= 4 is 12.6 Å². The van der Waals surface area contributed by atoms with Gasteiger partial charge in [-0.2, -0.15) is 0 Å². The Balaban J connectivity index is 1.73. The van der Waals surface area contributed by atoms with Crippen LogP contribution in [0.25, 0.3) is 0 Å². The van der Waals surface area contributed by atoms with Gasteiger partial charge in [0.1, 0.15) is 0 Å². The molecule has 0 aliphatic carbocycles. The zero-order valence-corrected chi connectivity index (χ0v) is 13.4. The zero-order valence-electron chi connectivity index (χ0n) is 13.4. The molecular weight excluding hydrogens is 263 g/mol. The fourth-order valence-corrected chi connectivity index (χ4v) is 2.75. The summed E-state index contributed by atoms with van der Waals surface area (Å²) in [7, 11) is -0.276. The molecule has 2 heterocycles. The molecule has 0 amide bonds. The topological polar surface area (TPSA) is 42.5 Å². The molecule has 3 rings (SSSR count). The first-order chi connectivity index (χ1) is 9.89. The quantitative estimate of drug-likeness (QED) is 0.803. The maximum atomic E-state index is 6.09. The van der Waals surface area contributed by atoms with Crippen molar-refractivity contribution in [1.29, 1.82) is 0 Å². The van der Waals surface area contributed by atoms with Gasteiger partial charge in [0.2, 0.25) is 0 Å². The number of hydrogen-bond acceptors (Lipinski definition) is 4. The molecule has 2 aliphatic rings. The van der Waals surface area contributed by atoms with Crippen LogP contribution in [0.2, 0.25) is 0 Å². The Morgan fingerprint density at radius 3 is 2.14 bits per heavy atom. The van der Waals surface area contributed by atoms with Crippen LogP contribution in [-0.2, 0) is 9.31 Å². The fraction of sp³-hybridized carbons (Fsp3) is 0.625. The molecule has 1 atom stereocenters. The molecule has 0 radical (unpaired) electrons. The standard InChI is InChI=1S/C16H25BN2O2/c1-15(2)16(3,4)21-17(20-15)13-7-5-12(6-8-13)14-11-18-9-10-19-14/h5-8,14,18-19H,9-11H2,1-4H3/t14-/m0/s1. The molecule has 114 valence electrons. The minimum atomic E-state index is -0.287. The Bertz CT molecular complexity index is 480. The first-order valence-corrected chi connectivity index (χ1v) is 7.79. The van der Waals surface area contributed by atoms with E-state index in [9.17, 15) is 0 Å². The number of hydrogen-bond donors (Lipinski definition) is 2. The molecule has 0 bridgehead atoms. The third-order valence-electron chi connectivity index (χ3n) is 4.91. The third-order valence-corrected chi connectivity index (χ3v) is 4.91. The molecule has 1 aromatic rings. The van der Waals surface area contributed by atoms with Crippen LogP contribution in [0.1, 0.15) is 39.3 Å². The van der Waals surface area contributed by atoms with Crippen molar-refractivity contribution in [2.75, 3.05) is 19.6 Å². The van der Waals surface area contributed by atoms with E-state index in [1.165, 1.54) is 5.56 Å². The average Bonchev–Trinajstić information content (AvgIpc) is 2.69. The molecule has 0 saturated carbocycles. The number of benzene rings is 1. The van der Waals surface area contributed by atoms with Crippen LogP contribution < -0.4 is 16.1 Å². The highest BCUT2D eigenvalue weighted by molar-refractivity contribution is 6.62. The highest BCUT2D eigenvalue weighted by atomic mass is 16.7. The van der Waals surface area contributed by atoms with Crippen LogP contribution in [0, 0.1) is 0 Å². The van der Waals surface area contributed by atoms with E-state index in [1.807, 2.05) is 0 Å². The van der Waals surface area contributed by atoms with Gasteiger partial charge in [0.25, 0.3) is 0 Å². The van der Waals surface area contributed by atoms with Crippen LogP contribution in [0.4, 0.5) is 0 Å². The average molecular weight is 288 g/mol. The number of rotatable bonds is 2. The van der Waals surface area contributed by atoms with Crippen LogP contribution in [0.3, 0.4) is 0 Å². The molecule has 2 fully saturated rings. The van der Waals surface area contributed by atoms with Gasteiger partial charge in [-0.3, -0.25) is 0 Å². The molecular formula is C16H25BN2O2. The van der Waals surface area contributed by atoms with Crippen molar-refractivity contribution < 1.29 is 9.31 Å². The molecule has 5 heteroatoms. The number of piperazine rings is 1. The van der Waals surface area contributed by atoms with Crippen molar-refractivity contribution in [3.05, 3.63) is 29.8 Å². The van der Waals surface area contributed by atoms with Crippen molar-refractivity contribution in [3.8, 4) is 0 Å². The summed E-state index contributed by atoms with van der Waals surface area (Å²) in [5.74, 6) is 0. The summed E-state index contributed by atoms with van der Waals surface area (Å²) in [6.45, 7) is 11.4. The van der Waals surface area contributed by atoms with E-state index in [1.54, 1.807) is 0 Å². The Labute approximate surface area is 127 Å². The molecule has 21 heavy (non-hydrogen) atoms. The summed E-state index contributed by atoms with van der Waals surface area (Å²) in [5, 5.41) is 6.94. The van der Waals surface area contributed by atoms with Crippen molar-refractivity contribution in [3.63, 3.8) is 0 Å². The summed E-state index contributed by atoms with van der Waals surface area (Å²) >= 11 is 0. The minimum absolute atomic E-state index is 0.276. The summed E-state index contributed by atoms with van der Waals surface area (Å²) in [4.78, 5) is 0. The van der Waals surface area contributed by atoms with Gasteiger partial charge in [-0.25, -0.2) is 0 Å². The van der Waals surface area contributed by atoms with Gasteiger partial charge >= 0.3 is 7.12 Å². The lowest BCUT2D eigenvalue weighted by Gasteiger charge is -2.32. The third kappa shape index (κ3) is 2.88. The van der Waals surface area contributed by atoms with Gasteiger partial charge in [-0.05, 0) is 38.7 Å². The normalized spacial score (nSPS) is 27.8. The van der Waals surface area contributed by atoms with Gasteiger partial charge in [0.15, 0.2) is 0 Å². The van der Waals surface area contributed by atoms with Crippen LogP contribution in [0.15, 0.2) is 24.3 Å². The Morgan fingerprint density at radius 1 is 1.00 bits per heavy atom. The molecule has 0 spiro atoms. The zero-order chi connectivity index (χ0) is 15.1. The highest BCUT2D eigenvalue weighted by Gasteiger charge is 2.51. The van der Waals surface area contributed by atoms with E-state index < -0.39 is 0 Å². The molecule has 1 aromatic carbocycles. The van der Waals surface area contributed by atoms with E-state index in [0.29, 0.717) is 6.04 Å². The van der Waals surface area contributed by atoms with Crippen molar-refractivity contribution in [1.82, 2.24) is 10.6 Å². The minimum Gasteiger partial charge on any atom is -0.399 e. The molecule has 4 nitrogen and oxygen atoms in total. The van der Waals surface area contributed by atoms with E-state index in [-0.39, 0.29) is 18.3 Å². The maximum Gasteiger partial charge on any atom is 0.494 e. The Hall–Kier alpha value is -0.875. The second kappa shape index (κ2) is 5.40. The predicted molar refractivity (Wildman–Crippen MR) is 85.8 cm³/mol. The van der Waals surface area contributed by atoms with Gasteiger partial charge in [0.05, 0.1) is 11.2 Å². The van der Waals surface area contributed by atoms with Gasteiger partial charge in [-0.15, -0.1) is 0 Å². The van der Waals surface area contributed by atoms with Crippen LogP contribution in [0.5, 0.6) is 0 Å². The van der Waals surface area contributed by atoms with E-state index in [0.717, 1.165) is 25.1 Å². The first-order valence-electron chi connectivity index (χ1n) is 7.79. The largest absolute Gasteiger partial charge is 0.494 e. The van der Waals surface area contributed by atoms with Gasteiger partial charge in [0, 0.05) is 25.7 Å². The Kier molecular flexibility index (Phi) is 3.86. The molecule has 2 N–H and O–H groups in total. The summed E-state index contributed by atoms with van der Waals surface area (Å²) in [6, 6.07) is 8.98. The van der Waals surface area contributed by atoms with E-state index in [4.69, 9.17) is 9.31 Å². The maximum absolute atomic E-state index is 6.09. The number of nitrogens with one attached hydrogen (secondary N) is 2. The second-order valence-electron chi connectivity index (χ2n) is 6.97. The second-order valence-corrected chi connectivity index (χ2v) is 6.97. The van der Waals surface area contributed by atoms with Crippen molar-refractivity contribution in [2.24, 2.45) is 0 Å². The lowest BCUT2D eigenvalue weighted by Crippen LogP contribution is -2.42. The monoisotopic (exact) mass is 288 g/mol. The lowest BCUT2D eigenvalue weighted by atomic mass is 9.78. The smallest absolute Gasteiger partial charge is 0.399 e. The van der Waals surface area contributed by atoms with E-state index >= 15 is 0 Å². The molecule has 0 aromatic heterocycles. The van der Waals surface area contributed by atoms with Crippen LogP contribution in [-0.4, -0.2) is 38.0 Å². The summed E-state index contributed by atoms with van der Waals surface area (Å²) in [6.07, 6.45) is 0. The molecule has 2 saturated heterocycles. The molecule has 0 unspecified atom stereocenters. The van der Waals surface area contributed by atoms with Gasteiger partial charge in [-0.1, -0.05) is 24.3 Å². The highest BCUT2D eigenvalue weighted by Crippen LogP contribution is 2.36. The summed E-state index contributed by atoms with van der Waals surface area (Å²) in [5.41, 5.74) is 1.82. The fourth-order valence-electron chi connectivity index (χ4n) is 2.75. The molecule has 2 aliphatic heterocycles. The first kappa shape index (κ1) is 15.0. The SMILES string of the molecule is CC1(C)OB(c2ccc([C@@H]3CNCCN3)cc2)OC1(C)C. The van der Waals surface area contributed by atoms with Gasteiger partial charge < -0.3 is 19.9 Å². The lowest BCUT2D eigenvalue weighted by molar-refractivity contribution is 0.00578. The predicted octanol–water partition coefficient (Wildman–Crippen LogP) is 1.22. The van der Waals surface area contributed by atoms with Crippen molar-refractivity contribution in [2.45, 2.75) is 44.9 Å². The summed E-state index contributed by atoms with van der Waals surface area (Å²) < 4.78 is 12.2. The van der Waals surface area contributed by atoms with E-state index in [2.05, 4.69) is 62.6 Å².